The number of hydrogen-bond acceptors (Lipinski definition) is 6. The molecule has 168 valence electrons. The van der Waals surface area contributed by atoms with Crippen LogP contribution in [0.5, 0.6) is 0 Å². The van der Waals surface area contributed by atoms with Crippen molar-refractivity contribution in [2.45, 2.75) is 44.8 Å². The van der Waals surface area contributed by atoms with Crippen molar-refractivity contribution in [3.05, 3.63) is 29.8 Å². The Hall–Kier alpha value is -2.39. The Balaban J connectivity index is 1.42. The van der Waals surface area contributed by atoms with Crippen molar-refractivity contribution in [2.75, 3.05) is 31.9 Å². The minimum atomic E-state index is -0.208. The number of rotatable bonds is 10. The molecule has 0 bridgehead atoms. The van der Waals surface area contributed by atoms with E-state index in [-0.39, 0.29) is 17.7 Å². The van der Waals surface area contributed by atoms with Crippen LogP contribution in [-0.4, -0.2) is 63.4 Å². The number of carbonyl (C=O) groups is 2. The third-order valence-electron chi connectivity index (χ3n) is 5.52. The van der Waals surface area contributed by atoms with Crippen LogP contribution >= 0.6 is 11.8 Å². The van der Waals surface area contributed by atoms with Gasteiger partial charge in [-0.15, -0.1) is 10.2 Å². The van der Waals surface area contributed by atoms with Crippen molar-refractivity contribution < 1.29 is 9.59 Å². The second kappa shape index (κ2) is 11.3. The molecule has 2 heterocycles. The maximum atomic E-state index is 12.3. The molecule has 1 aromatic carbocycles. The third-order valence-corrected chi connectivity index (χ3v) is 6.49. The van der Waals surface area contributed by atoms with Gasteiger partial charge in [-0.25, -0.2) is 0 Å². The largest absolute Gasteiger partial charge is 0.369 e. The average molecular weight is 445 g/mol. The SMILES string of the molecule is CCn1c(SCC(=O)NCCCN2CCCC(C(N)=O)C2)nnc1-c1cccc(C)c1. The van der Waals surface area contributed by atoms with Crippen molar-refractivity contribution in [2.24, 2.45) is 11.7 Å². The highest BCUT2D eigenvalue weighted by atomic mass is 32.2. The fourth-order valence-electron chi connectivity index (χ4n) is 3.88. The molecule has 1 saturated heterocycles. The molecule has 1 unspecified atom stereocenters. The molecule has 1 atom stereocenters. The molecule has 0 aliphatic carbocycles. The molecule has 2 aromatic rings. The van der Waals surface area contributed by atoms with E-state index in [0.29, 0.717) is 12.3 Å². The number of amides is 2. The molecule has 0 radical (unpaired) electrons. The number of aryl methyl sites for hydroxylation is 1. The summed E-state index contributed by atoms with van der Waals surface area (Å²) < 4.78 is 2.04. The van der Waals surface area contributed by atoms with Gasteiger partial charge in [-0.05, 0) is 52.3 Å². The molecule has 1 aromatic heterocycles. The summed E-state index contributed by atoms with van der Waals surface area (Å²) in [5.41, 5.74) is 7.63. The van der Waals surface area contributed by atoms with Gasteiger partial charge in [-0.2, -0.15) is 0 Å². The molecular weight excluding hydrogens is 412 g/mol. The summed E-state index contributed by atoms with van der Waals surface area (Å²) in [5.74, 6) is 0.867. The van der Waals surface area contributed by atoms with Crippen molar-refractivity contribution in [1.29, 1.82) is 0 Å². The Morgan fingerprint density at radius 1 is 1.32 bits per heavy atom. The molecular formula is C22H32N6O2S. The number of piperidine rings is 1. The Kier molecular flexibility index (Phi) is 8.48. The summed E-state index contributed by atoms with van der Waals surface area (Å²) >= 11 is 1.40. The first-order valence-corrected chi connectivity index (χ1v) is 11.9. The van der Waals surface area contributed by atoms with E-state index in [1.807, 2.05) is 16.7 Å². The van der Waals surface area contributed by atoms with Crippen LogP contribution in [0.4, 0.5) is 0 Å². The van der Waals surface area contributed by atoms with Gasteiger partial charge in [0.2, 0.25) is 11.8 Å². The van der Waals surface area contributed by atoms with Crippen LogP contribution in [0.25, 0.3) is 11.4 Å². The number of aromatic nitrogens is 3. The van der Waals surface area contributed by atoms with Gasteiger partial charge in [0.1, 0.15) is 0 Å². The molecule has 9 heteroatoms. The molecule has 8 nitrogen and oxygen atoms in total. The second-order valence-electron chi connectivity index (χ2n) is 7.95. The van der Waals surface area contributed by atoms with Crippen molar-refractivity contribution in [3.63, 3.8) is 0 Å². The van der Waals surface area contributed by atoms with Crippen LogP contribution in [0, 0.1) is 12.8 Å². The molecule has 3 N–H and O–H groups in total. The van der Waals surface area contributed by atoms with Gasteiger partial charge in [0.25, 0.3) is 0 Å². The van der Waals surface area contributed by atoms with E-state index >= 15 is 0 Å². The van der Waals surface area contributed by atoms with Gasteiger partial charge in [0, 0.05) is 25.2 Å². The van der Waals surface area contributed by atoms with Crippen LogP contribution in [0.15, 0.2) is 29.4 Å². The van der Waals surface area contributed by atoms with Gasteiger partial charge >= 0.3 is 0 Å². The van der Waals surface area contributed by atoms with Crippen molar-refractivity contribution in [1.82, 2.24) is 25.0 Å². The average Bonchev–Trinajstić information content (AvgIpc) is 3.18. The van der Waals surface area contributed by atoms with E-state index < -0.39 is 0 Å². The molecule has 1 aliphatic heterocycles. The zero-order valence-electron chi connectivity index (χ0n) is 18.3. The van der Waals surface area contributed by atoms with Gasteiger partial charge in [0.05, 0.1) is 11.7 Å². The molecule has 3 rings (SSSR count). The van der Waals surface area contributed by atoms with E-state index in [9.17, 15) is 9.59 Å². The summed E-state index contributed by atoms with van der Waals surface area (Å²) in [6.07, 6.45) is 2.73. The molecule has 0 saturated carbocycles. The van der Waals surface area contributed by atoms with Gasteiger partial charge in [0.15, 0.2) is 11.0 Å². The maximum Gasteiger partial charge on any atom is 0.230 e. The minimum Gasteiger partial charge on any atom is -0.369 e. The molecule has 1 fully saturated rings. The smallest absolute Gasteiger partial charge is 0.230 e. The number of carbonyl (C=O) groups excluding carboxylic acids is 2. The van der Waals surface area contributed by atoms with Gasteiger partial charge in [-0.3, -0.25) is 9.59 Å². The lowest BCUT2D eigenvalue weighted by Gasteiger charge is -2.31. The number of hydrogen-bond donors (Lipinski definition) is 2. The van der Waals surface area contributed by atoms with Crippen LogP contribution in [0.2, 0.25) is 0 Å². The van der Waals surface area contributed by atoms with E-state index in [0.717, 1.165) is 62.0 Å². The van der Waals surface area contributed by atoms with Gasteiger partial charge < -0.3 is 20.5 Å². The van der Waals surface area contributed by atoms with Crippen molar-refractivity contribution in [3.8, 4) is 11.4 Å². The molecule has 2 amide bonds. The fourth-order valence-corrected chi connectivity index (χ4v) is 4.71. The number of primary amides is 1. The molecule has 0 spiro atoms. The van der Waals surface area contributed by atoms with Crippen LogP contribution < -0.4 is 11.1 Å². The highest BCUT2D eigenvalue weighted by Gasteiger charge is 2.23. The lowest BCUT2D eigenvalue weighted by Crippen LogP contribution is -2.42. The summed E-state index contributed by atoms with van der Waals surface area (Å²) in [5, 5.41) is 12.4. The Morgan fingerprint density at radius 3 is 2.90 bits per heavy atom. The monoisotopic (exact) mass is 444 g/mol. The number of nitrogens with two attached hydrogens (primary N) is 1. The Labute approximate surface area is 188 Å². The maximum absolute atomic E-state index is 12.3. The molecule has 1 aliphatic rings. The first-order chi connectivity index (χ1) is 15.0. The van der Waals surface area contributed by atoms with Gasteiger partial charge in [-0.1, -0.05) is 35.5 Å². The van der Waals surface area contributed by atoms with Crippen LogP contribution in [0.1, 0.15) is 31.7 Å². The zero-order chi connectivity index (χ0) is 22.2. The van der Waals surface area contributed by atoms with E-state index in [4.69, 9.17) is 5.73 Å². The first-order valence-electron chi connectivity index (χ1n) is 10.9. The van der Waals surface area contributed by atoms with Crippen LogP contribution in [-0.2, 0) is 16.1 Å². The topological polar surface area (TPSA) is 106 Å². The quantitative estimate of drug-likeness (QED) is 0.429. The lowest BCUT2D eigenvalue weighted by atomic mass is 9.97. The summed E-state index contributed by atoms with van der Waals surface area (Å²) in [6.45, 7) is 8.04. The number of likely N-dealkylation sites (tertiary alicyclic amines) is 1. The number of benzene rings is 1. The normalized spacial score (nSPS) is 16.9. The zero-order valence-corrected chi connectivity index (χ0v) is 19.2. The summed E-state index contributed by atoms with van der Waals surface area (Å²) in [4.78, 5) is 25.9. The highest BCUT2D eigenvalue weighted by molar-refractivity contribution is 7.99. The standard InChI is InChI=1S/C22H32N6O2S/c1-3-28-21(17-8-4-7-16(2)13-17)25-26-22(28)31-15-19(29)24-10-6-12-27-11-5-9-18(14-27)20(23)30/h4,7-8,13,18H,3,5-6,9-12,14-15H2,1-2H3,(H2,23,30)(H,24,29). The number of thioether (sulfide) groups is 1. The fraction of sp³-hybridized carbons (Fsp3) is 0.545. The van der Waals surface area contributed by atoms with E-state index in [1.165, 1.54) is 17.3 Å². The Morgan fingerprint density at radius 2 is 2.16 bits per heavy atom. The second-order valence-corrected chi connectivity index (χ2v) is 8.90. The van der Waals surface area contributed by atoms with E-state index in [1.54, 1.807) is 0 Å². The predicted molar refractivity (Wildman–Crippen MR) is 123 cm³/mol. The first kappa shape index (κ1) is 23.3. The van der Waals surface area contributed by atoms with Crippen LogP contribution in [0.3, 0.4) is 0 Å². The molecule has 31 heavy (non-hydrogen) atoms. The third kappa shape index (κ3) is 6.54. The van der Waals surface area contributed by atoms with Crippen molar-refractivity contribution >= 4 is 23.6 Å². The minimum absolute atomic E-state index is 0.0126. The predicted octanol–water partition coefficient (Wildman–Crippen LogP) is 2.07. The highest BCUT2D eigenvalue weighted by Crippen LogP contribution is 2.24. The number of nitrogens with one attached hydrogen (secondary N) is 1. The van der Waals surface area contributed by atoms with E-state index in [2.05, 4.69) is 46.4 Å². The Bertz CT molecular complexity index is 900. The summed E-state index contributed by atoms with van der Waals surface area (Å²) in [7, 11) is 0. The summed E-state index contributed by atoms with van der Waals surface area (Å²) in [6, 6.07) is 8.18. The number of nitrogens with zero attached hydrogens (tertiary/aromatic N) is 4. The lowest BCUT2D eigenvalue weighted by molar-refractivity contribution is -0.123.